The number of amides is 1. The SMILES string of the molecule is Cc1ccc(C)c(OCc2cccc(C(=O)Nc3cnn(Cc4cccc(F)c4)c3)c2)c1. The van der Waals surface area contributed by atoms with E-state index < -0.39 is 0 Å². The molecule has 0 aliphatic carbocycles. The number of carbonyl (C=O) groups excluding carboxylic acids is 1. The van der Waals surface area contributed by atoms with Crippen LogP contribution >= 0.6 is 0 Å². The zero-order chi connectivity index (χ0) is 22.5. The molecule has 0 spiro atoms. The lowest BCUT2D eigenvalue weighted by atomic mass is 10.1. The third-order valence-corrected chi connectivity index (χ3v) is 5.05. The van der Waals surface area contributed by atoms with Gasteiger partial charge in [-0.05, 0) is 66.4 Å². The molecule has 6 heteroatoms. The van der Waals surface area contributed by atoms with Crippen molar-refractivity contribution in [2.75, 3.05) is 5.32 Å². The molecule has 1 heterocycles. The van der Waals surface area contributed by atoms with Gasteiger partial charge in [0.2, 0.25) is 0 Å². The Morgan fingerprint density at radius 2 is 1.84 bits per heavy atom. The minimum Gasteiger partial charge on any atom is -0.489 e. The van der Waals surface area contributed by atoms with Crippen LogP contribution in [0.25, 0.3) is 0 Å². The highest BCUT2D eigenvalue weighted by molar-refractivity contribution is 6.04. The number of rotatable bonds is 7. The largest absolute Gasteiger partial charge is 0.489 e. The van der Waals surface area contributed by atoms with Gasteiger partial charge in [-0.15, -0.1) is 0 Å². The Bertz CT molecular complexity index is 1250. The van der Waals surface area contributed by atoms with Crippen molar-refractivity contribution in [3.05, 3.63) is 113 Å². The first-order chi connectivity index (χ1) is 15.5. The molecular weight excluding hydrogens is 405 g/mol. The maximum absolute atomic E-state index is 13.4. The van der Waals surface area contributed by atoms with Crippen molar-refractivity contribution in [3.63, 3.8) is 0 Å². The van der Waals surface area contributed by atoms with Gasteiger partial charge >= 0.3 is 0 Å². The number of nitrogens with zero attached hydrogens (tertiary/aromatic N) is 2. The summed E-state index contributed by atoms with van der Waals surface area (Å²) >= 11 is 0. The minimum atomic E-state index is -0.287. The summed E-state index contributed by atoms with van der Waals surface area (Å²) in [6.07, 6.45) is 3.29. The van der Waals surface area contributed by atoms with Crippen LogP contribution in [0.5, 0.6) is 5.75 Å². The Balaban J connectivity index is 1.38. The Hall–Kier alpha value is -3.93. The lowest BCUT2D eigenvalue weighted by Crippen LogP contribution is -2.12. The maximum Gasteiger partial charge on any atom is 0.255 e. The van der Waals surface area contributed by atoms with Crippen molar-refractivity contribution < 1.29 is 13.9 Å². The summed E-state index contributed by atoms with van der Waals surface area (Å²) < 4.78 is 21.0. The predicted molar refractivity (Wildman–Crippen MR) is 122 cm³/mol. The van der Waals surface area contributed by atoms with E-state index in [2.05, 4.69) is 10.4 Å². The topological polar surface area (TPSA) is 56.1 Å². The van der Waals surface area contributed by atoms with E-state index in [1.165, 1.54) is 12.1 Å². The van der Waals surface area contributed by atoms with E-state index in [-0.39, 0.29) is 11.7 Å². The lowest BCUT2D eigenvalue weighted by molar-refractivity contribution is 0.102. The van der Waals surface area contributed by atoms with Crippen molar-refractivity contribution in [1.29, 1.82) is 0 Å². The van der Waals surface area contributed by atoms with E-state index in [0.717, 1.165) is 28.0 Å². The fourth-order valence-corrected chi connectivity index (χ4v) is 3.37. The van der Waals surface area contributed by atoms with Crippen molar-refractivity contribution >= 4 is 11.6 Å². The van der Waals surface area contributed by atoms with E-state index in [1.807, 2.05) is 56.3 Å². The number of carbonyl (C=O) groups is 1. The minimum absolute atomic E-state index is 0.233. The molecule has 162 valence electrons. The van der Waals surface area contributed by atoms with Gasteiger partial charge < -0.3 is 10.1 Å². The zero-order valence-corrected chi connectivity index (χ0v) is 18.0. The third-order valence-electron chi connectivity index (χ3n) is 5.05. The average Bonchev–Trinajstić information content (AvgIpc) is 3.21. The Morgan fingerprint density at radius 1 is 1.03 bits per heavy atom. The molecule has 1 aromatic heterocycles. The van der Waals surface area contributed by atoms with Crippen molar-refractivity contribution in [3.8, 4) is 5.75 Å². The number of hydrogen-bond acceptors (Lipinski definition) is 3. The van der Waals surface area contributed by atoms with Gasteiger partial charge in [-0.25, -0.2) is 4.39 Å². The molecule has 5 nitrogen and oxygen atoms in total. The fraction of sp³-hybridized carbons (Fsp3) is 0.154. The Labute approximate surface area is 186 Å². The van der Waals surface area contributed by atoms with E-state index in [9.17, 15) is 9.18 Å². The summed E-state index contributed by atoms with van der Waals surface area (Å²) in [4.78, 5) is 12.7. The first-order valence-electron chi connectivity index (χ1n) is 10.3. The highest BCUT2D eigenvalue weighted by atomic mass is 19.1. The molecule has 0 saturated heterocycles. The van der Waals surface area contributed by atoms with Gasteiger partial charge in [0.15, 0.2) is 0 Å². The molecule has 0 atom stereocenters. The van der Waals surface area contributed by atoms with Crippen LogP contribution in [0.3, 0.4) is 0 Å². The van der Waals surface area contributed by atoms with Crippen molar-refractivity contribution in [1.82, 2.24) is 9.78 Å². The molecule has 32 heavy (non-hydrogen) atoms. The lowest BCUT2D eigenvalue weighted by Gasteiger charge is -2.11. The van der Waals surface area contributed by atoms with Gasteiger partial charge in [-0.2, -0.15) is 5.10 Å². The first-order valence-corrected chi connectivity index (χ1v) is 10.3. The van der Waals surface area contributed by atoms with Crippen LogP contribution in [-0.2, 0) is 13.2 Å². The summed E-state index contributed by atoms with van der Waals surface area (Å²) in [5, 5.41) is 7.10. The molecule has 0 unspecified atom stereocenters. The predicted octanol–water partition coefficient (Wildman–Crippen LogP) is 5.52. The van der Waals surface area contributed by atoms with Crippen LogP contribution in [0.1, 0.15) is 32.6 Å². The molecule has 1 N–H and O–H groups in total. The molecule has 1 amide bonds. The second-order valence-electron chi connectivity index (χ2n) is 7.77. The molecule has 4 aromatic rings. The highest BCUT2D eigenvalue weighted by Gasteiger charge is 2.10. The van der Waals surface area contributed by atoms with Gasteiger partial charge in [0.25, 0.3) is 5.91 Å². The molecule has 0 aliphatic heterocycles. The molecule has 0 radical (unpaired) electrons. The summed E-state index contributed by atoms with van der Waals surface area (Å²) in [6, 6.07) is 19.8. The second-order valence-corrected chi connectivity index (χ2v) is 7.77. The number of halogens is 1. The van der Waals surface area contributed by atoms with E-state index >= 15 is 0 Å². The van der Waals surface area contributed by atoms with Crippen molar-refractivity contribution in [2.24, 2.45) is 0 Å². The van der Waals surface area contributed by atoms with Crippen LogP contribution in [0.2, 0.25) is 0 Å². The molecule has 0 fully saturated rings. The van der Waals surface area contributed by atoms with E-state index in [4.69, 9.17) is 4.74 Å². The number of aryl methyl sites for hydroxylation is 2. The molecule has 4 rings (SSSR count). The van der Waals surface area contributed by atoms with Crippen LogP contribution in [0.15, 0.2) is 79.1 Å². The standard InChI is InChI=1S/C26H24FN3O2/c1-18-9-10-19(2)25(11-18)32-17-21-6-3-7-22(12-21)26(31)29-24-14-28-30(16-24)15-20-5-4-8-23(27)13-20/h3-14,16H,15,17H2,1-2H3,(H,29,31). The summed E-state index contributed by atoms with van der Waals surface area (Å²) in [5.41, 5.74) is 5.01. The highest BCUT2D eigenvalue weighted by Crippen LogP contribution is 2.21. The smallest absolute Gasteiger partial charge is 0.255 e. The van der Waals surface area contributed by atoms with Crippen molar-refractivity contribution in [2.45, 2.75) is 27.0 Å². The second kappa shape index (κ2) is 9.47. The number of aromatic nitrogens is 2. The summed E-state index contributed by atoms with van der Waals surface area (Å²) in [6.45, 7) is 4.82. The quantitative estimate of drug-likeness (QED) is 0.421. The monoisotopic (exact) mass is 429 g/mol. The molecule has 3 aromatic carbocycles. The van der Waals surface area contributed by atoms with E-state index in [1.54, 1.807) is 29.2 Å². The first kappa shape index (κ1) is 21.3. The molecule has 0 bridgehead atoms. The molecule has 0 aliphatic rings. The summed E-state index contributed by atoms with van der Waals surface area (Å²) in [7, 11) is 0. The van der Waals surface area contributed by atoms with Crippen LogP contribution in [-0.4, -0.2) is 15.7 Å². The van der Waals surface area contributed by atoms with E-state index in [0.29, 0.717) is 24.4 Å². The van der Waals surface area contributed by atoms with Gasteiger partial charge in [0.05, 0.1) is 18.4 Å². The van der Waals surface area contributed by atoms with Crippen LogP contribution in [0.4, 0.5) is 10.1 Å². The number of hydrogen-bond donors (Lipinski definition) is 1. The maximum atomic E-state index is 13.4. The molecule has 0 saturated carbocycles. The fourth-order valence-electron chi connectivity index (χ4n) is 3.37. The van der Waals surface area contributed by atoms with Gasteiger partial charge in [0, 0.05) is 11.8 Å². The number of nitrogens with one attached hydrogen (secondary N) is 1. The third kappa shape index (κ3) is 5.40. The average molecular weight is 429 g/mol. The zero-order valence-electron chi connectivity index (χ0n) is 18.0. The number of anilines is 1. The molecular formula is C26H24FN3O2. The summed E-state index contributed by atoms with van der Waals surface area (Å²) in [5.74, 6) is 0.319. The normalized spacial score (nSPS) is 10.7. The van der Waals surface area contributed by atoms with Gasteiger partial charge in [-0.3, -0.25) is 9.48 Å². The number of benzene rings is 3. The van der Waals surface area contributed by atoms with Gasteiger partial charge in [-0.1, -0.05) is 36.4 Å². The van der Waals surface area contributed by atoms with Gasteiger partial charge in [0.1, 0.15) is 18.2 Å². The van der Waals surface area contributed by atoms with Crippen LogP contribution in [0, 0.1) is 19.7 Å². The number of ether oxygens (including phenoxy) is 1. The van der Waals surface area contributed by atoms with Crippen LogP contribution < -0.4 is 10.1 Å². The Morgan fingerprint density at radius 3 is 2.69 bits per heavy atom. The Kier molecular flexibility index (Phi) is 6.31.